The van der Waals surface area contributed by atoms with Crippen molar-refractivity contribution >= 4 is 34.7 Å². The fourth-order valence-corrected chi connectivity index (χ4v) is 3.54. The Balaban J connectivity index is 1.96. The van der Waals surface area contributed by atoms with E-state index in [0.717, 1.165) is 6.07 Å². The van der Waals surface area contributed by atoms with Crippen LogP contribution in [0.4, 0.5) is 22.0 Å². The molecule has 0 fully saturated rings. The third-order valence-electron chi connectivity index (χ3n) is 4.61. The lowest BCUT2D eigenvalue weighted by Crippen LogP contribution is -2.48. The zero-order valence-electron chi connectivity index (χ0n) is 15.2. The minimum absolute atomic E-state index is 0.123. The number of benzene rings is 1. The van der Waals surface area contributed by atoms with Gasteiger partial charge in [0.1, 0.15) is 18.0 Å². The monoisotopic (exact) mass is 463 g/mol. The summed E-state index contributed by atoms with van der Waals surface area (Å²) in [5.74, 6) is -0.911. The Morgan fingerprint density at radius 3 is 2.63 bits per heavy atom. The van der Waals surface area contributed by atoms with Crippen molar-refractivity contribution < 1.29 is 26.7 Å². The maximum Gasteiger partial charge on any atom is 0.425 e. The molecule has 1 aromatic heterocycles. The standard InChI is InChI=1S/C19H15ClF5N3OS/c20-11-2-4-14(27-8-11)15(30)6-10-1-3-13(22)12(5-10)18(9-21)7-16(19(23,24)25)29-17(26)28-18/h1-5,8,16H,6-7,9H2,(H2,26,28)/t16-,18+/m0/s1. The Morgan fingerprint density at radius 1 is 1.30 bits per heavy atom. The molecule has 2 atom stereocenters. The summed E-state index contributed by atoms with van der Waals surface area (Å²) in [7, 11) is 0. The lowest BCUT2D eigenvalue weighted by Gasteiger charge is -2.36. The van der Waals surface area contributed by atoms with Crippen LogP contribution in [-0.4, -0.2) is 34.8 Å². The highest BCUT2D eigenvalue weighted by Gasteiger charge is 2.52. The quantitative estimate of drug-likeness (QED) is 0.398. The number of aliphatic imine (C=N–C) groups is 1. The molecule has 0 spiro atoms. The summed E-state index contributed by atoms with van der Waals surface area (Å²) >= 11 is 11.1. The van der Waals surface area contributed by atoms with E-state index in [1.54, 1.807) is 12.1 Å². The Hall–Kier alpha value is -2.33. The first kappa shape index (κ1) is 22.4. The number of nitrogens with zero attached hydrogens (tertiary/aromatic N) is 2. The predicted octanol–water partition coefficient (Wildman–Crippen LogP) is 4.67. The van der Waals surface area contributed by atoms with Gasteiger partial charge in [-0.05, 0) is 29.8 Å². The molecule has 30 heavy (non-hydrogen) atoms. The first-order valence-electron chi connectivity index (χ1n) is 8.62. The number of alkyl halides is 4. The molecule has 3 rings (SSSR count). The zero-order chi connectivity index (χ0) is 22.1. The van der Waals surface area contributed by atoms with E-state index >= 15 is 0 Å². The summed E-state index contributed by atoms with van der Waals surface area (Å²) in [5, 5.41) is 0.421. The average molecular weight is 464 g/mol. The molecule has 0 amide bonds. The van der Waals surface area contributed by atoms with Crippen LogP contribution >= 0.6 is 23.8 Å². The van der Waals surface area contributed by atoms with Crippen molar-refractivity contribution in [2.45, 2.75) is 30.7 Å². The molecule has 0 bridgehead atoms. The minimum Gasteiger partial charge on any atom is -0.452 e. The van der Waals surface area contributed by atoms with Gasteiger partial charge in [-0.15, -0.1) is 0 Å². The van der Waals surface area contributed by atoms with Gasteiger partial charge in [-0.1, -0.05) is 29.9 Å². The number of thiocarbonyl (C=S) groups is 1. The van der Waals surface area contributed by atoms with Crippen molar-refractivity contribution in [1.82, 2.24) is 4.98 Å². The molecule has 1 aliphatic heterocycles. The number of rotatable bonds is 5. The lowest BCUT2D eigenvalue weighted by molar-refractivity contribution is -0.209. The summed E-state index contributed by atoms with van der Waals surface area (Å²) in [6.45, 7) is -1.40. The summed E-state index contributed by atoms with van der Waals surface area (Å²) in [6, 6.07) is 6.03. The van der Waals surface area contributed by atoms with Gasteiger partial charge in [0.25, 0.3) is 6.02 Å². The third-order valence-corrected chi connectivity index (χ3v) is 5.18. The Morgan fingerprint density at radius 2 is 2.03 bits per heavy atom. The highest BCUT2D eigenvalue weighted by atomic mass is 35.5. The van der Waals surface area contributed by atoms with Crippen molar-refractivity contribution in [1.29, 1.82) is 0 Å². The zero-order valence-corrected chi connectivity index (χ0v) is 16.8. The van der Waals surface area contributed by atoms with E-state index < -0.39 is 42.8 Å². The van der Waals surface area contributed by atoms with E-state index in [2.05, 4.69) is 14.7 Å². The van der Waals surface area contributed by atoms with Gasteiger partial charge in [-0.25, -0.2) is 13.8 Å². The van der Waals surface area contributed by atoms with Gasteiger partial charge in [0.05, 0.1) is 10.7 Å². The second-order valence-electron chi connectivity index (χ2n) is 6.74. The van der Waals surface area contributed by atoms with Gasteiger partial charge in [0.15, 0.2) is 6.10 Å². The van der Waals surface area contributed by atoms with E-state index in [-0.39, 0.29) is 12.0 Å². The fourth-order valence-electron chi connectivity index (χ4n) is 3.14. The number of nitrogens with two attached hydrogens (primary N) is 1. The molecule has 0 saturated heterocycles. The Bertz CT molecular complexity index is 983. The van der Waals surface area contributed by atoms with Gasteiger partial charge in [0.2, 0.25) is 0 Å². The van der Waals surface area contributed by atoms with Crippen LogP contribution in [0, 0.1) is 5.82 Å². The van der Waals surface area contributed by atoms with Gasteiger partial charge in [-0.2, -0.15) is 13.2 Å². The number of hydrogen-bond donors (Lipinski definition) is 1. The van der Waals surface area contributed by atoms with Crippen LogP contribution in [0.25, 0.3) is 0 Å². The second kappa shape index (κ2) is 8.43. The first-order valence-corrected chi connectivity index (χ1v) is 9.41. The normalized spacial score (nSPS) is 21.7. The molecule has 2 heterocycles. The topological polar surface area (TPSA) is 60.5 Å². The molecule has 1 aromatic carbocycles. The Kier molecular flexibility index (Phi) is 6.28. The van der Waals surface area contributed by atoms with Crippen molar-refractivity contribution in [2.24, 2.45) is 10.7 Å². The molecular formula is C19H15ClF5N3OS. The second-order valence-corrected chi connectivity index (χ2v) is 7.67. The molecule has 1 aliphatic rings. The number of hydrogen-bond acceptors (Lipinski definition) is 5. The number of ether oxygens (including phenoxy) is 1. The van der Waals surface area contributed by atoms with E-state index in [0.29, 0.717) is 21.1 Å². The summed E-state index contributed by atoms with van der Waals surface area (Å²) in [4.78, 5) is 8.20. The SMILES string of the molecule is NC1=N[C@](CF)(c2cc(CC(=S)c3ccc(Cl)cn3)ccc2F)C[C@@H](C(F)(F)F)O1. The molecule has 160 valence electrons. The maximum atomic E-state index is 14.6. The van der Waals surface area contributed by atoms with E-state index in [9.17, 15) is 22.0 Å². The minimum atomic E-state index is -4.82. The molecule has 2 N–H and O–H groups in total. The van der Waals surface area contributed by atoms with E-state index in [1.165, 1.54) is 18.3 Å². The summed E-state index contributed by atoms with van der Waals surface area (Å²) < 4.78 is 72.7. The molecule has 2 aromatic rings. The van der Waals surface area contributed by atoms with E-state index in [4.69, 9.17) is 29.6 Å². The van der Waals surface area contributed by atoms with Crippen LogP contribution in [-0.2, 0) is 16.7 Å². The molecule has 0 saturated carbocycles. The number of pyridine rings is 1. The molecule has 0 aliphatic carbocycles. The summed E-state index contributed by atoms with van der Waals surface area (Å²) in [6.07, 6.45) is -6.64. The molecule has 11 heteroatoms. The van der Waals surface area contributed by atoms with Crippen LogP contribution in [0.2, 0.25) is 5.02 Å². The maximum absolute atomic E-state index is 14.6. The molecule has 0 radical (unpaired) electrons. The molecule has 4 nitrogen and oxygen atoms in total. The number of amidine groups is 1. The smallest absolute Gasteiger partial charge is 0.425 e. The lowest BCUT2D eigenvalue weighted by atomic mass is 9.83. The van der Waals surface area contributed by atoms with Crippen molar-refractivity contribution in [3.63, 3.8) is 0 Å². The number of aromatic nitrogens is 1. The van der Waals surface area contributed by atoms with Gasteiger partial charge in [0, 0.05) is 29.5 Å². The van der Waals surface area contributed by atoms with Crippen LogP contribution in [0.15, 0.2) is 41.5 Å². The van der Waals surface area contributed by atoms with Crippen molar-refractivity contribution in [2.75, 3.05) is 6.67 Å². The van der Waals surface area contributed by atoms with Gasteiger partial charge >= 0.3 is 6.18 Å². The predicted molar refractivity (Wildman–Crippen MR) is 106 cm³/mol. The van der Waals surface area contributed by atoms with Gasteiger partial charge in [-0.3, -0.25) is 4.98 Å². The Labute approximate surface area is 178 Å². The molecular weight excluding hydrogens is 449 g/mol. The summed E-state index contributed by atoms with van der Waals surface area (Å²) in [5.41, 5.74) is 3.76. The van der Waals surface area contributed by atoms with Crippen LogP contribution in [0.5, 0.6) is 0 Å². The van der Waals surface area contributed by atoms with Crippen LogP contribution in [0.1, 0.15) is 23.2 Å². The van der Waals surface area contributed by atoms with Crippen LogP contribution < -0.4 is 5.73 Å². The molecule has 0 unspecified atom stereocenters. The van der Waals surface area contributed by atoms with E-state index in [1.807, 2.05) is 0 Å². The van der Waals surface area contributed by atoms with Crippen molar-refractivity contribution in [3.05, 3.63) is 64.2 Å². The van der Waals surface area contributed by atoms with Gasteiger partial charge < -0.3 is 10.5 Å². The van der Waals surface area contributed by atoms with Crippen LogP contribution in [0.3, 0.4) is 0 Å². The van der Waals surface area contributed by atoms with Crippen molar-refractivity contribution in [3.8, 4) is 0 Å². The number of halogens is 6. The largest absolute Gasteiger partial charge is 0.452 e. The highest BCUT2D eigenvalue weighted by Crippen LogP contribution is 2.41. The first-order chi connectivity index (χ1) is 14.0. The fraction of sp³-hybridized carbons (Fsp3) is 0.316. The highest BCUT2D eigenvalue weighted by molar-refractivity contribution is 7.80. The third kappa shape index (κ3) is 4.70. The average Bonchev–Trinajstić information content (AvgIpc) is 2.68.